The predicted molar refractivity (Wildman–Crippen MR) is 148 cm³/mol. The summed E-state index contributed by atoms with van der Waals surface area (Å²) in [5.41, 5.74) is 5.20. The van der Waals surface area contributed by atoms with Crippen molar-refractivity contribution in [2.24, 2.45) is 22.9 Å². The van der Waals surface area contributed by atoms with Crippen molar-refractivity contribution in [3.63, 3.8) is 0 Å². The van der Waals surface area contributed by atoms with Gasteiger partial charge in [-0.25, -0.2) is 5.01 Å². The van der Waals surface area contributed by atoms with Gasteiger partial charge in [0.1, 0.15) is 5.71 Å². The van der Waals surface area contributed by atoms with Crippen LogP contribution in [0.2, 0.25) is 15.1 Å². The molecule has 8 heteroatoms. The number of anilines is 1. The van der Waals surface area contributed by atoms with Crippen LogP contribution in [-0.2, 0) is 4.79 Å². The summed E-state index contributed by atoms with van der Waals surface area (Å²) in [6.07, 6.45) is 3.73. The molecule has 1 heterocycles. The molecule has 0 radical (unpaired) electrons. The number of amides is 1. The Balaban J connectivity index is 0.00000167. The lowest BCUT2D eigenvalue weighted by molar-refractivity contribution is -0.119. The molecule has 190 valence electrons. The van der Waals surface area contributed by atoms with Crippen molar-refractivity contribution < 1.29 is 4.79 Å². The van der Waals surface area contributed by atoms with Gasteiger partial charge in [0.15, 0.2) is 0 Å². The zero-order chi connectivity index (χ0) is 25.7. The maximum absolute atomic E-state index is 13.3. The van der Waals surface area contributed by atoms with Crippen LogP contribution in [0.25, 0.3) is 0 Å². The highest BCUT2D eigenvalue weighted by Gasteiger charge is 2.40. The number of rotatable bonds is 6. The molecule has 1 aliphatic heterocycles. The summed E-state index contributed by atoms with van der Waals surface area (Å²) in [7, 11) is 1.92. The second kappa shape index (κ2) is 12.4. The minimum Gasteiger partial charge on any atom is -0.284 e. The van der Waals surface area contributed by atoms with E-state index in [-0.39, 0.29) is 17.9 Å². The third kappa shape index (κ3) is 6.51. The van der Waals surface area contributed by atoms with E-state index in [0.29, 0.717) is 38.3 Å². The number of halogens is 3. The van der Waals surface area contributed by atoms with E-state index < -0.39 is 0 Å². The zero-order valence-corrected chi connectivity index (χ0v) is 23.3. The lowest BCUT2D eigenvalue weighted by Gasteiger charge is -2.28. The normalized spacial score (nSPS) is 23.7. The molecule has 1 amide bonds. The van der Waals surface area contributed by atoms with Crippen molar-refractivity contribution in [1.29, 1.82) is 0 Å². The number of nitrogens with one attached hydrogen (secondary N) is 1. The molecule has 4 atom stereocenters. The molecule has 1 aliphatic carbocycles. The highest BCUT2D eigenvalue weighted by Crippen LogP contribution is 2.42. The molecule has 2 aromatic carbocycles. The second-order valence-corrected chi connectivity index (χ2v) is 10.5. The van der Waals surface area contributed by atoms with E-state index in [1.54, 1.807) is 12.1 Å². The molecule has 4 rings (SSSR count). The molecule has 1 N–H and O–H groups in total. The molecule has 0 saturated heterocycles. The number of nitrogens with zero attached hydrogens (tertiary/aromatic N) is 3. The molecular formula is C27H35Cl3N4O. The van der Waals surface area contributed by atoms with E-state index in [4.69, 9.17) is 39.9 Å². The average molecular weight is 538 g/mol. The minimum absolute atomic E-state index is 0.170. The summed E-state index contributed by atoms with van der Waals surface area (Å²) < 4.78 is 0. The van der Waals surface area contributed by atoms with Gasteiger partial charge >= 0.3 is 0 Å². The van der Waals surface area contributed by atoms with Crippen LogP contribution in [0.3, 0.4) is 0 Å². The van der Waals surface area contributed by atoms with E-state index in [1.165, 1.54) is 19.3 Å². The number of hydrogen-bond donors (Lipinski definition) is 1. The van der Waals surface area contributed by atoms with Crippen LogP contribution in [-0.4, -0.2) is 30.2 Å². The highest BCUT2D eigenvalue weighted by atomic mass is 35.5. The Labute approximate surface area is 224 Å². The molecule has 35 heavy (non-hydrogen) atoms. The molecule has 0 bridgehead atoms. The molecule has 3 unspecified atom stereocenters. The van der Waals surface area contributed by atoms with E-state index in [1.807, 2.05) is 68.2 Å². The van der Waals surface area contributed by atoms with E-state index in [9.17, 15) is 4.79 Å². The molecule has 1 fully saturated rings. The zero-order valence-electron chi connectivity index (χ0n) is 21.1. The van der Waals surface area contributed by atoms with Gasteiger partial charge in [0.05, 0.1) is 16.8 Å². The van der Waals surface area contributed by atoms with Crippen LogP contribution in [0.15, 0.2) is 47.6 Å². The summed E-state index contributed by atoms with van der Waals surface area (Å²) in [6, 6.07) is 12.7. The van der Waals surface area contributed by atoms with Gasteiger partial charge in [-0.15, -0.1) is 0 Å². The first kappa shape index (κ1) is 27.8. The quantitative estimate of drug-likeness (QED) is 0.385. The molecule has 0 spiro atoms. The number of hydrazine groups is 1. The Hall–Kier alpha value is -1.79. The second-order valence-electron chi connectivity index (χ2n) is 9.20. The monoisotopic (exact) mass is 536 g/mol. The first-order valence-electron chi connectivity index (χ1n) is 12.3. The van der Waals surface area contributed by atoms with Gasteiger partial charge in [0.2, 0.25) is 0 Å². The Morgan fingerprint density at radius 2 is 1.71 bits per heavy atom. The maximum Gasteiger partial charge on any atom is 0.282 e. The smallest absolute Gasteiger partial charge is 0.282 e. The van der Waals surface area contributed by atoms with Gasteiger partial charge in [-0.1, -0.05) is 87.5 Å². The van der Waals surface area contributed by atoms with Crippen molar-refractivity contribution in [3.8, 4) is 0 Å². The van der Waals surface area contributed by atoms with Crippen LogP contribution in [0.1, 0.15) is 58.6 Å². The first-order valence-corrected chi connectivity index (χ1v) is 13.5. The van der Waals surface area contributed by atoms with Crippen molar-refractivity contribution in [2.75, 3.05) is 18.6 Å². The number of hydrazone groups is 1. The maximum atomic E-state index is 13.3. The number of carbonyl (C=O) groups is 1. The van der Waals surface area contributed by atoms with Crippen molar-refractivity contribution in [1.82, 2.24) is 10.4 Å². The summed E-state index contributed by atoms with van der Waals surface area (Å²) in [4.78, 5) is 13.3. The van der Waals surface area contributed by atoms with E-state index >= 15 is 0 Å². The van der Waals surface area contributed by atoms with Crippen molar-refractivity contribution >= 4 is 52.1 Å². The Morgan fingerprint density at radius 3 is 2.31 bits per heavy atom. The summed E-state index contributed by atoms with van der Waals surface area (Å²) in [6.45, 7) is 9.14. The predicted octanol–water partition coefficient (Wildman–Crippen LogP) is 7.63. The fraction of sp³-hybridized carbons (Fsp3) is 0.481. The molecule has 0 aromatic heterocycles. The minimum atomic E-state index is -0.207. The van der Waals surface area contributed by atoms with Gasteiger partial charge < -0.3 is 0 Å². The van der Waals surface area contributed by atoms with Crippen LogP contribution in [0.5, 0.6) is 0 Å². The van der Waals surface area contributed by atoms with Crippen LogP contribution < -0.4 is 10.4 Å². The summed E-state index contributed by atoms with van der Waals surface area (Å²) in [5.74, 6) is 0.923. The standard InChI is InChI=1S/C25H29Cl3N4O.C2H6/c1-15-5-4-6-18(15)14-31(3)30-25(33)23-16(2)24(17-7-9-19(26)10-8-17)32(29-23)22-12-11-20(27)13-21(22)28;1-2/h7-13,15-16,18,24H,4-6,14H2,1-3H3,(H,30,33);1-2H3/t15?,16-,18?,24?;/m1./s1. The fourth-order valence-electron chi connectivity index (χ4n) is 4.96. The summed E-state index contributed by atoms with van der Waals surface area (Å²) >= 11 is 18.8. The number of benzene rings is 2. The average Bonchev–Trinajstić information content (AvgIpc) is 3.38. The molecule has 2 aliphatic rings. The van der Waals surface area contributed by atoms with Gasteiger partial charge in [0, 0.05) is 29.6 Å². The largest absolute Gasteiger partial charge is 0.284 e. The lowest BCUT2D eigenvalue weighted by Crippen LogP contribution is -2.46. The number of hydrogen-bond acceptors (Lipinski definition) is 4. The Bertz CT molecular complexity index is 1040. The van der Waals surface area contributed by atoms with E-state index in [0.717, 1.165) is 12.1 Å². The molecule has 1 saturated carbocycles. The van der Waals surface area contributed by atoms with Crippen molar-refractivity contribution in [3.05, 3.63) is 63.1 Å². The summed E-state index contributed by atoms with van der Waals surface area (Å²) in [5, 5.41) is 10.2. The lowest BCUT2D eigenvalue weighted by atomic mass is 9.91. The van der Waals surface area contributed by atoms with Crippen molar-refractivity contribution in [2.45, 2.75) is 53.0 Å². The number of carbonyl (C=O) groups excluding carboxylic acids is 1. The van der Waals surface area contributed by atoms with Crippen LogP contribution in [0.4, 0.5) is 5.69 Å². The SMILES string of the molecule is CC.CC1CCCC1CN(C)NC(=O)C1=NN(c2ccc(Cl)cc2Cl)C(c2ccc(Cl)cc2)[C@@H]1C. The topological polar surface area (TPSA) is 47.9 Å². The first-order chi connectivity index (χ1) is 16.7. The molecule has 2 aromatic rings. The van der Waals surface area contributed by atoms with Gasteiger partial charge in [0.25, 0.3) is 5.91 Å². The van der Waals surface area contributed by atoms with Gasteiger partial charge in [-0.3, -0.25) is 15.2 Å². The highest BCUT2D eigenvalue weighted by molar-refractivity contribution is 6.41. The Kier molecular flexibility index (Phi) is 9.88. The van der Waals surface area contributed by atoms with Crippen LogP contribution >= 0.6 is 34.8 Å². The fourth-order valence-corrected chi connectivity index (χ4v) is 5.59. The van der Waals surface area contributed by atoms with Gasteiger partial charge in [-0.2, -0.15) is 5.10 Å². The van der Waals surface area contributed by atoms with Crippen LogP contribution in [0, 0.1) is 17.8 Å². The third-order valence-corrected chi connectivity index (χ3v) is 7.61. The Morgan fingerprint density at radius 1 is 1.06 bits per heavy atom. The molecule has 5 nitrogen and oxygen atoms in total. The van der Waals surface area contributed by atoms with E-state index in [2.05, 4.69) is 12.3 Å². The molecular weight excluding hydrogens is 503 g/mol. The third-order valence-electron chi connectivity index (χ3n) is 6.82. The van der Waals surface area contributed by atoms with Gasteiger partial charge in [-0.05, 0) is 54.2 Å².